The van der Waals surface area contributed by atoms with Crippen molar-refractivity contribution in [3.05, 3.63) is 59.2 Å². The number of Topliss-reactive ketones (excluding diaryl/α,β-unsaturated/α-hetero) is 1. The number of hydrogen-bond donors (Lipinski definition) is 0. The van der Waals surface area contributed by atoms with Crippen LogP contribution in [0.4, 0.5) is 0 Å². The predicted octanol–water partition coefficient (Wildman–Crippen LogP) is 2.82. The number of esters is 1. The van der Waals surface area contributed by atoms with Crippen LogP contribution in [-0.2, 0) is 9.84 Å². The molecule has 0 radical (unpaired) electrons. The number of rotatable bonds is 4. The normalized spacial score (nSPS) is 11.1. The molecule has 120 valence electrons. The van der Waals surface area contributed by atoms with Crippen molar-refractivity contribution in [3.8, 4) is 5.75 Å². The van der Waals surface area contributed by atoms with Crippen molar-refractivity contribution in [2.45, 2.75) is 18.7 Å². The van der Waals surface area contributed by atoms with Crippen molar-refractivity contribution in [2.75, 3.05) is 6.26 Å². The summed E-state index contributed by atoms with van der Waals surface area (Å²) in [4.78, 5) is 23.5. The SMILES string of the molecule is CC(=O)c1ccc(OC(=O)c2cc(S(C)(=O)=O)ccc2C)cc1. The lowest BCUT2D eigenvalue weighted by molar-refractivity contribution is 0.0733. The van der Waals surface area contributed by atoms with Crippen LogP contribution in [0.25, 0.3) is 0 Å². The lowest BCUT2D eigenvalue weighted by Gasteiger charge is -2.09. The van der Waals surface area contributed by atoms with Gasteiger partial charge in [-0.1, -0.05) is 6.07 Å². The smallest absolute Gasteiger partial charge is 0.343 e. The third kappa shape index (κ3) is 4.04. The highest BCUT2D eigenvalue weighted by atomic mass is 32.2. The van der Waals surface area contributed by atoms with Gasteiger partial charge in [0.15, 0.2) is 15.6 Å². The first kappa shape index (κ1) is 16.9. The largest absolute Gasteiger partial charge is 0.423 e. The average molecular weight is 332 g/mol. The Balaban J connectivity index is 2.28. The van der Waals surface area contributed by atoms with Gasteiger partial charge in [-0.2, -0.15) is 0 Å². The van der Waals surface area contributed by atoms with Gasteiger partial charge in [0.1, 0.15) is 5.75 Å². The lowest BCUT2D eigenvalue weighted by atomic mass is 10.1. The second-order valence-corrected chi connectivity index (χ2v) is 7.23. The van der Waals surface area contributed by atoms with Crippen molar-refractivity contribution >= 4 is 21.6 Å². The van der Waals surface area contributed by atoms with E-state index in [4.69, 9.17) is 4.74 Å². The molecule has 5 nitrogen and oxygen atoms in total. The van der Waals surface area contributed by atoms with Gasteiger partial charge in [0.25, 0.3) is 0 Å². The zero-order valence-electron chi connectivity index (χ0n) is 13.0. The van der Waals surface area contributed by atoms with Crippen LogP contribution in [0, 0.1) is 6.92 Å². The van der Waals surface area contributed by atoms with E-state index in [0.29, 0.717) is 11.1 Å². The zero-order chi connectivity index (χ0) is 17.2. The molecule has 0 fully saturated rings. The quantitative estimate of drug-likeness (QED) is 0.489. The van der Waals surface area contributed by atoms with E-state index in [-0.39, 0.29) is 22.0 Å². The molecule has 0 heterocycles. The molecule has 0 unspecified atom stereocenters. The van der Waals surface area contributed by atoms with Crippen LogP contribution in [0.3, 0.4) is 0 Å². The Morgan fingerprint density at radius 2 is 1.61 bits per heavy atom. The van der Waals surface area contributed by atoms with Crippen molar-refractivity contribution in [1.29, 1.82) is 0 Å². The van der Waals surface area contributed by atoms with E-state index >= 15 is 0 Å². The molecule has 0 saturated carbocycles. The third-order valence-corrected chi connectivity index (χ3v) is 4.44. The molecule has 0 atom stereocenters. The van der Waals surface area contributed by atoms with Gasteiger partial charge < -0.3 is 4.74 Å². The fourth-order valence-corrected chi connectivity index (χ4v) is 2.62. The summed E-state index contributed by atoms with van der Waals surface area (Å²) in [5.74, 6) is -0.452. The molecule has 2 rings (SSSR count). The average Bonchev–Trinajstić information content (AvgIpc) is 2.46. The highest BCUT2D eigenvalue weighted by Gasteiger charge is 2.16. The van der Waals surface area contributed by atoms with E-state index in [2.05, 4.69) is 0 Å². The molecule has 0 spiro atoms. The maximum Gasteiger partial charge on any atom is 0.343 e. The fraction of sp³-hybridized carbons (Fsp3) is 0.176. The Morgan fingerprint density at radius 3 is 2.13 bits per heavy atom. The van der Waals surface area contributed by atoms with Crippen LogP contribution < -0.4 is 4.74 Å². The van der Waals surface area contributed by atoms with Crippen molar-refractivity contribution in [3.63, 3.8) is 0 Å². The molecule has 0 aliphatic heterocycles. The maximum atomic E-state index is 12.2. The summed E-state index contributed by atoms with van der Waals surface area (Å²) in [6, 6.07) is 10.5. The molecule has 0 aliphatic rings. The van der Waals surface area contributed by atoms with Crippen LogP contribution in [0.2, 0.25) is 0 Å². The standard InChI is InChI=1S/C17H16O5S/c1-11-4-9-15(23(3,20)21)10-16(11)17(19)22-14-7-5-13(6-8-14)12(2)18/h4-10H,1-3H3. The van der Waals surface area contributed by atoms with Crippen LogP contribution >= 0.6 is 0 Å². The minimum absolute atomic E-state index is 0.0574. The van der Waals surface area contributed by atoms with Gasteiger partial charge >= 0.3 is 5.97 Å². The van der Waals surface area contributed by atoms with Crippen LogP contribution in [0.1, 0.15) is 33.2 Å². The number of hydrogen-bond acceptors (Lipinski definition) is 5. The second kappa shape index (κ2) is 6.34. The lowest BCUT2D eigenvalue weighted by Crippen LogP contribution is -2.11. The van der Waals surface area contributed by atoms with Crippen molar-refractivity contribution in [1.82, 2.24) is 0 Å². The number of carbonyl (C=O) groups excluding carboxylic acids is 2. The molecule has 0 bridgehead atoms. The van der Waals surface area contributed by atoms with E-state index in [9.17, 15) is 18.0 Å². The number of sulfone groups is 1. The van der Waals surface area contributed by atoms with E-state index in [1.54, 1.807) is 25.1 Å². The molecular weight excluding hydrogens is 316 g/mol. The maximum absolute atomic E-state index is 12.2. The molecule has 6 heteroatoms. The number of benzene rings is 2. The van der Waals surface area contributed by atoms with Gasteiger partial charge in [0.05, 0.1) is 10.5 Å². The fourth-order valence-electron chi connectivity index (χ4n) is 1.97. The first-order chi connectivity index (χ1) is 10.7. The number of carbonyl (C=O) groups is 2. The molecule has 0 N–H and O–H groups in total. The summed E-state index contributed by atoms with van der Waals surface area (Å²) in [5, 5.41) is 0. The minimum atomic E-state index is -3.41. The Hall–Kier alpha value is -2.47. The summed E-state index contributed by atoms with van der Waals surface area (Å²) in [6.45, 7) is 3.14. The molecule has 0 saturated heterocycles. The first-order valence-electron chi connectivity index (χ1n) is 6.82. The number of ether oxygens (including phenoxy) is 1. The van der Waals surface area contributed by atoms with Crippen molar-refractivity contribution < 1.29 is 22.7 Å². The van der Waals surface area contributed by atoms with Gasteiger partial charge in [-0.05, 0) is 55.8 Å². The molecule has 0 aromatic heterocycles. The minimum Gasteiger partial charge on any atom is -0.423 e. The van der Waals surface area contributed by atoms with Gasteiger partial charge in [0.2, 0.25) is 0 Å². The summed E-state index contributed by atoms with van der Waals surface area (Å²) in [5.41, 5.74) is 1.31. The Morgan fingerprint density at radius 1 is 1.00 bits per heavy atom. The summed E-state index contributed by atoms with van der Waals surface area (Å²) in [6.07, 6.45) is 1.08. The van der Waals surface area contributed by atoms with Gasteiger partial charge in [-0.3, -0.25) is 4.79 Å². The molecule has 0 aliphatic carbocycles. The number of aryl methyl sites for hydroxylation is 1. The molecular formula is C17H16O5S. The van der Waals surface area contributed by atoms with E-state index in [1.807, 2.05) is 0 Å². The van der Waals surface area contributed by atoms with E-state index in [1.165, 1.54) is 31.2 Å². The van der Waals surface area contributed by atoms with Crippen LogP contribution in [-0.4, -0.2) is 26.4 Å². The highest BCUT2D eigenvalue weighted by molar-refractivity contribution is 7.90. The van der Waals surface area contributed by atoms with Gasteiger partial charge in [0, 0.05) is 11.8 Å². The predicted molar refractivity (Wildman–Crippen MR) is 85.7 cm³/mol. The van der Waals surface area contributed by atoms with Crippen molar-refractivity contribution in [2.24, 2.45) is 0 Å². The summed E-state index contributed by atoms with van der Waals surface area (Å²) >= 11 is 0. The second-order valence-electron chi connectivity index (χ2n) is 5.22. The Kier molecular flexibility index (Phi) is 4.65. The van der Waals surface area contributed by atoms with Gasteiger partial charge in [-0.25, -0.2) is 13.2 Å². The third-order valence-electron chi connectivity index (χ3n) is 3.33. The van der Waals surface area contributed by atoms with E-state index < -0.39 is 15.8 Å². The first-order valence-corrected chi connectivity index (χ1v) is 8.71. The summed E-state index contributed by atoms with van der Waals surface area (Å²) in [7, 11) is -3.41. The molecule has 0 amide bonds. The van der Waals surface area contributed by atoms with Gasteiger partial charge in [-0.15, -0.1) is 0 Å². The molecule has 2 aromatic rings. The highest BCUT2D eigenvalue weighted by Crippen LogP contribution is 2.19. The zero-order valence-corrected chi connectivity index (χ0v) is 13.8. The monoisotopic (exact) mass is 332 g/mol. The molecule has 23 heavy (non-hydrogen) atoms. The van der Waals surface area contributed by atoms with Crippen LogP contribution in [0.15, 0.2) is 47.4 Å². The van der Waals surface area contributed by atoms with E-state index in [0.717, 1.165) is 6.26 Å². The molecule has 2 aromatic carbocycles. The Labute approximate surface area is 134 Å². The summed E-state index contributed by atoms with van der Waals surface area (Å²) < 4.78 is 28.4. The van der Waals surface area contributed by atoms with Crippen LogP contribution in [0.5, 0.6) is 5.75 Å². The Bertz CT molecular complexity index is 864. The topological polar surface area (TPSA) is 77.5 Å². The number of ketones is 1.